The van der Waals surface area contributed by atoms with Crippen LogP contribution in [-0.2, 0) is 6.54 Å². The predicted molar refractivity (Wildman–Crippen MR) is 86.3 cm³/mol. The van der Waals surface area contributed by atoms with Crippen LogP contribution < -0.4 is 5.56 Å². The number of hydrogen-bond donors (Lipinski definition) is 1. The Morgan fingerprint density at radius 2 is 1.91 bits per heavy atom. The molecule has 0 radical (unpaired) electrons. The van der Waals surface area contributed by atoms with E-state index in [0.29, 0.717) is 5.56 Å². The molecular formula is C15H13Cl2N3O2. The molecule has 0 unspecified atom stereocenters. The van der Waals surface area contributed by atoms with Gasteiger partial charge in [0.1, 0.15) is 16.1 Å². The minimum Gasteiger partial charge on any atom is -0.493 e. The number of hydrogen-bond acceptors (Lipinski definition) is 4. The number of aromatic nitrogens is 3. The zero-order chi connectivity index (χ0) is 16.4. The summed E-state index contributed by atoms with van der Waals surface area (Å²) in [5.41, 5.74) is 0.271. The van der Waals surface area contributed by atoms with Crippen molar-refractivity contribution in [2.75, 3.05) is 0 Å². The molecule has 0 aliphatic rings. The summed E-state index contributed by atoms with van der Waals surface area (Å²) in [4.78, 5) is 20.5. The number of nitrogens with zero attached hydrogens (tertiary/aromatic N) is 3. The average molecular weight is 338 g/mol. The Morgan fingerprint density at radius 3 is 2.41 bits per heavy atom. The molecule has 5 nitrogen and oxygen atoms in total. The van der Waals surface area contributed by atoms with Gasteiger partial charge in [-0.05, 0) is 18.1 Å². The largest absolute Gasteiger partial charge is 0.493 e. The normalized spacial score (nSPS) is 10.7. The van der Waals surface area contributed by atoms with Gasteiger partial charge in [-0.3, -0.25) is 9.36 Å². The van der Waals surface area contributed by atoms with Crippen LogP contribution in [-0.4, -0.2) is 19.6 Å². The van der Waals surface area contributed by atoms with Crippen LogP contribution in [0.15, 0.2) is 16.9 Å². The summed E-state index contributed by atoms with van der Waals surface area (Å²) in [6, 6.07) is 2.99. The topological polar surface area (TPSA) is 68.0 Å². The SMILES string of the molecule is C#CCn1c(-c2cc(Cl)nc(Cl)c2)nc(O)c(C(C)C)c1=O. The van der Waals surface area contributed by atoms with E-state index in [9.17, 15) is 9.90 Å². The fourth-order valence-corrected chi connectivity index (χ4v) is 2.58. The summed E-state index contributed by atoms with van der Waals surface area (Å²) in [6.45, 7) is 3.59. The molecule has 0 fully saturated rings. The Labute approximate surface area is 137 Å². The molecule has 0 amide bonds. The molecule has 2 rings (SSSR count). The second kappa shape index (κ2) is 6.39. The molecule has 0 spiro atoms. The molecule has 0 atom stereocenters. The third-order valence-electron chi connectivity index (χ3n) is 3.03. The van der Waals surface area contributed by atoms with Crippen LogP contribution in [0.1, 0.15) is 25.3 Å². The standard InChI is InChI=1S/C15H13Cl2N3O2/c1-4-5-20-13(9-6-10(16)18-11(17)7-9)19-14(21)12(8(2)3)15(20)22/h1,6-8,21H,5H2,2-3H3. The summed E-state index contributed by atoms with van der Waals surface area (Å²) in [5, 5.41) is 10.4. The van der Waals surface area contributed by atoms with Gasteiger partial charge >= 0.3 is 0 Å². The summed E-state index contributed by atoms with van der Waals surface area (Å²) in [5.74, 6) is 2.08. The van der Waals surface area contributed by atoms with Crippen LogP contribution in [0, 0.1) is 12.3 Å². The Bertz CT molecular complexity index is 803. The van der Waals surface area contributed by atoms with Gasteiger partial charge in [-0.15, -0.1) is 6.42 Å². The van der Waals surface area contributed by atoms with Gasteiger partial charge in [0.2, 0.25) is 5.88 Å². The molecule has 0 aliphatic carbocycles. The van der Waals surface area contributed by atoms with Crippen LogP contribution >= 0.6 is 23.2 Å². The molecule has 114 valence electrons. The zero-order valence-electron chi connectivity index (χ0n) is 12.0. The lowest BCUT2D eigenvalue weighted by Crippen LogP contribution is -2.27. The maximum atomic E-state index is 12.6. The van der Waals surface area contributed by atoms with Crippen molar-refractivity contribution < 1.29 is 5.11 Å². The van der Waals surface area contributed by atoms with E-state index < -0.39 is 0 Å². The van der Waals surface area contributed by atoms with Crippen molar-refractivity contribution in [1.29, 1.82) is 0 Å². The fraction of sp³-hybridized carbons (Fsp3) is 0.267. The Kier molecular flexibility index (Phi) is 4.74. The van der Waals surface area contributed by atoms with Crippen LogP contribution in [0.5, 0.6) is 5.88 Å². The van der Waals surface area contributed by atoms with E-state index in [0.717, 1.165) is 0 Å². The first kappa shape index (κ1) is 16.3. The van der Waals surface area contributed by atoms with Gasteiger partial charge < -0.3 is 5.11 Å². The Morgan fingerprint density at radius 1 is 1.32 bits per heavy atom. The summed E-state index contributed by atoms with van der Waals surface area (Å²) in [6.07, 6.45) is 5.34. The molecule has 1 N–H and O–H groups in total. The highest BCUT2D eigenvalue weighted by Gasteiger charge is 2.19. The van der Waals surface area contributed by atoms with Gasteiger partial charge in [0.15, 0.2) is 0 Å². The van der Waals surface area contributed by atoms with Crippen LogP contribution in [0.4, 0.5) is 0 Å². The van der Waals surface area contributed by atoms with Gasteiger partial charge in [-0.2, -0.15) is 4.98 Å². The minimum absolute atomic E-state index is 0.0126. The summed E-state index contributed by atoms with van der Waals surface area (Å²) >= 11 is 11.8. The molecule has 0 bridgehead atoms. The smallest absolute Gasteiger partial charge is 0.261 e. The zero-order valence-corrected chi connectivity index (χ0v) is 13.5. The van der Waals surface area contributed by atoms with Gasteiger partial charge in [-0.1, -0.05) is 43.0 Å². The third kappa shape index (κ3) is 3.08. The third-order valence-corrected chi connectivity index (χ3v) is 3.42. The number of pyridine rings is 1. The van der Waals surface area contributed by atoms with Gasteiger partial charge in [0.05, 0.1) is 12.1 Å². The molecule has 0 saturated carbocycles. The highest BCUT2D eigenvalue weighted by atomic mass is 35.5. The molecule has 0 aromatic carbocycles. The van der Waals surface area contributed by atoms with E-state index >= 15 is 0 Å². The number of aromatic hydroxyl groups is 1. The quantitative estimate of drug-likeness (QED) is 0.690. The predicted octanol–water partition coefficient (Wildman–Crippen LogP) is 3.07. The van der Waals surface area contributed by atoms with E-state index in [-0.39, 0.29) is 45.6 Å². The first-order valence-corrected chi connectivity index (χ1v) is 7.21. The molecule has 7 heteroatoms. The van der Waals surface area contributed by atoms with Gasteiger partial charge in [0, 0.05) is 5.56 Å². The molecule has 2 aromatic heterocycles. The van der Waals surface area contributed by atoms with Crippen molar-refractivity contribution in [2.45, 2.75) is 26.3 Å². The second-order valence-electron chi connectivity index (χ2n) is 4.92. The first-order chi connectivity index (χ1) is 10.3. The van der Waals surface area contributed by atoms with Crippen LogP contribution in [0.2, 0.25) is 10.3 Å². The first-order valence-electron chi connectivity index (χ1n) is 6.45. The maximum Gasteiger partial charge on any atom is 0.261 e. The second-order valence-corrected chi connectivity index (χ2v) is 5.70. The molecular weight excluding hydrogens is 325 g/mol. The average Bonchev–Trinajstić information content (AvgIpc) is 2.40. The molecule has 2 heterocycles. The Hall–Kier alpha value is -2.03. The number of halogens is 2. The summed E-state index contributed by atoms with van der Waals surface area (Å²) in [7, 11) is 0. The van der Waals surface area contributed by atoms with E-state index in [1.54, 1.807) is 13.8 Å². The number of rotatable bonds is 3. The van der Waals surface area contributed by atoms with Crippen molar-refractivity contribution >= 4 is 23.2 Å². The highest BCUT2D eigenvalue weighted by Crippen LogP contribution is 2.27. The maximum absolute atomic E-state index is 12.6. The lowest BCUT2D eigenvalue weighted by molar-refractivity contribution is 0.436. The van der Waals surface area contributed by atoms with E-state index in [2.05, 4.69) is 15.9 Å². The van der Waals surface area contributed by atoms with E-state index in [1.165, 1.54) is 16.7 Å². The van der Waals surface area contributed by atoms with Crippen molar-refractivity contribution in [1.82, 2.24) is 14.5 Å². The molecule has 0 aliphatic heterocycles. The van der Waals surface area contributed by atoms with Gasteiger partial charge in [-0.25, -0.2) is 4.98 Å². The lowest BCUT2D eigenvalue weighted by Gasteiger charge is -2.15. The van der Waals surface area contributed by atoms with Crippen LogP contribution in [0.3, 0.4) is 0 Å². The van der Waals surface area contributed by atoms with E-state index in [1.807, 2.05) is 0 Å². The fourth-order valence-electron chi connectivity index (χ4n) is 2.12. The number of terminal acetylenes is 1. The lowest BCUT2D eigenvalue weighted by atomic mass is 10.1. The van der Waals surface area contributed by atoms with Gasteiger partial charge in [0.25, 0.3) is 5.56 Å². The molecule has 0 saturated heterocycles. The molecule has 22 heavy (non-hydrogen) atoms. The van der Waals surface area contributed by atoms with Crippen LogP contribution in [0.25, 0.3) is 11.4 Å². The minimum atomic E-state index is -0.389. The Balaban J connectivity index is 2.81. The highest BCUT2D eigenvalue weighted by molar-refractivity contribution is 6.32. The molecule has 2 aromatic rings. The van der Waals surface area contributed by atoms with Crippen molar-refractivity contribution in [3.8, 4) is 29.6 Å². The van der Waals surface area contributed by atoms with E-state index in [4.69, 9.17) is 29.6 Å². The van der Waals surface area contributed by atoms with Crippen molar-refractivity contribution in [3.05, 3.63) is 38.4 Å². The van der Waals surface area contributed by atoms with Crippen molar-refractivity contribution in [2.24, 2.45) is 0 Å². The van der Waals surface area contributed by atoms with Crippen molar-refractivity contribution in [3.63, 3.8) is 0 Å². The summed E-state index contributed by atoms with van der Waals surface area (Å²) < 4.78 is 1.30. The monoisotopic (exact) mass is 337 g/mol.